The number of rotatable bonds is 12. The molecule has 0 saturated heterocycles. The van der Waals surface area contributed by atoms with Gasteiger partial charge in [-0.1, -0.05) is 63.2 Å². The van der Waals surface area contributed by atoms with Crippen molar-refractivity contribution in [2.45, 2.75) is 45.6 Å². The van der Waals surface area contributed by atoms with Crippen LogP contribution in [0.25, 0.3) is 0 Å². The van der Waals surface area contributed by atoms with E-state index in [9.17, 15) is 9.90 Å². The second-order valence-corrected chi connectivity index (χ2v) is 9.92. The lowest BCUT2D eigenvalue weighted by atomic mass is 9.87. The summed E-state index contributed by atoms with van der Waals surface area (Å²) >= 11 is 0. The molecule has 0 aromatic heterocycles. The largest absolute Gasteiger partial charge is 0.507 e. The van der Waals surface area contributed by atoms with Gasteiger partial charge in [-0.05, 0) is 68.2 Å². The number of hydrogen-bond donors (Lipinski definition) is 2. The summed E-state index contributed by atoms with van der Waals surface area (Å²) in [5.41, 5.74) is 6.70. The standard InChI is InChI=1S/C28H40N4O2/c1-7-10-23-11-8-12-24(27(23)34)19-29-30-26(33)21-32(6)18-9-17-31(5)20-22-13-15-25(16-14-22)28(2,3)4/h7-8,11-16,19,34H,1,9-10,17-18,20-21H2,2-6H3,(H,30,33)/b29-19+. The van der Waals surface area contributed by atoms with Crippen molar-refractivity contribution in [1.82, 2.24) is 15.2 Å². The van der Waals surface area contributed by atoms with Gasteiger partial charge in [0, 0.05) is 12.1 Å². The van der Waals surface area contributed by atoms with E-state index in [0.29, 0.717) is 12.0 Å². The topological polar surface area (TPSA) is 68.2 Å². The Labute approximate surface area is 205 Å². The minimum atomic E-state index is -0.187. The number of allylic oxidation sites excluding steroid dienone is 1. The average Bonchev–Trinajstić information content (AvgIpc) is 2.76. The molecule has 0 heterocycles. The third-order valence-electron chi connectivity index (χ3n) is 5.67. The predicted octanol–water partition coefficient (Wildman–Crippen LogP) is 4.32. The Morgan fingerprint density at radius 3 is 2.41 bits per heavy atom. The Morgan fingerprint density at radius 2 is 1.76 bits per heavy atom. The van der Waals surface area contributed by atoms with Crippen LogP contribution in [0.5, 0.6) is 5.75 Å². The highest BCUT2D eigenvalue weighted by molar-refractivity contribution is 5.86. The lowest BCUT2D eigenvalue weighted by Gasteiger charge is -2.21. The molecular weight excluding hydrogens is 424 g/mol. The van der Waals surface area contributed by atoms with Crippen LogP contribution in [-0.2, 0) is 23.2 Å². The fraction of sp³-hybridized carbons (Fsp3) is 0.429. The van der Waals surface area contributed by atoms with Gasteiger partial charge >= 0.3 is 0 Å². The lowest BCUT2D eigenvalue weighted by molar-refractivity contribution is -0.121. The second kappa shape index (κ2) is 13.1. The molecule has 6 heteroatoms. The summed E-state index contributed by atoms with van der Waals surface area (Å²) in [5.74, 6) is -0.0282. The lowest BCUT2D eigenvalue weighted by Crippen LogP contribution is -2.34. The molecule has 0 aliphatic carbocycles. The van der Waals surface area contributed by atoms with E-state index >= 15 is 0 Å². The molecule has 34 heavy (non-hydrogen) atoms. The fourth-order valence-corrected chi connectivity index (χ4v) is 3.68. The van der Waals surface area contributed by atoms with Gasteiger partial charge in [-0.15, -0.1) is 6.58 Å². The van der Waals surface area contributed by atoms with Gasteiger partial charge in [0.25, 0.3) is 5.91 Å². The van der Waals surface area contributed by atoms with Gasteiger partial charge < -0.3 is 10.0 Å². The maximum Gasteiger partial charge on any atom is 0.254 e. The molecule has 0 aliphatic rings. The number of benzene rings is 2. The summed E-state index contributed by atoms with van der Waals surface area (Å²) in [5, 5.41) is 14.2. The van der Waals surface area contributed by atoms with Crippen LogP contribution in [0.4, 0.5) is 0 Å². The Morgan fingerprint density at radius 1 is 1.09 bits per heavy atom. The van der Waals surface area contributed by atoms with Gasteiger partial charge in [-0.2, -0.15) is 5.10 Å². The SMILES string of the molecule is C=CCc1cccc(/C=N/NC(=O)CN(C)CCCN(C)Cc2ccc(C(C)(C)C)cc2)c1O. The number of aromatic hydroxyl groups is 1. The summed E-state index contributed by atoms with van der Waals surface area (Å²) in [7, 11) is 4.05. The molecule has 0 radical (unpaired) electrons. The molecular formula is C28H40N4O2. The maximum absolute atomic E-state index is 12.2. The van der Waals surface area contributed by atoms with E-state index in [1.165, 1.54) is 17.3 Å². The monoisotopic (exact) mass is 464 g/mol. The van der Waals surface area contributed by atoms with Crippen LogP contribution in [0.15, 0.2) is 60.2 Å². The molecule has 0 spiro atoms. The number of para-hydroxylation sites is 1. The Hall–Kier alpha value is -2.96. The minimum absolute atomic E-state index is 0.159. The van der Waals surface area contributed by atoms with E-state index in [4.69, 9.17) is 0 Å². The quantitative estimate of drug-likeness (QED) is 0.279. The van der Waals surface area contributed by atoms with Crippen molar-refractivity contribution >= 4 is 12.1 Å². The van der Waals surface area contributed by atoms with Gasteiger partial charge in [0.2, 0.25) is 0 Å². The maximum atomic E-state index is 12.2. The smallest absolute Gasteiger partial charge is 0.254 e. The summed E-state index contributed by atoms with van der Waals surface area (Å²) in [6.45, 7) is 13.3. The number of phenols is 1. The van der Waals surface area contributed by atoms with Gasteiger partial charge in [0.05, 0.1) is 12.8 Å². The molecule has 0 saturated carbocycles. The molecule has 0 unspecified atom stereocenters. The molecule has 2 N–H and O–H groups in total. The molecule has 6 nitrogen and oxygen atoms in total. The van der Waals surface area contributed by atoms with Crippen LogP contribution in [-0.4, -0.2) is 60.8 Å². The number of phenolic OH excluding ortho intramolecular Hbond substituents is 1. The van der Waals surface area contributed by atoms with E-state index in [-0.39, 0.29) is 23.6 Å². The predicted molar refractivity (Wildman–Crippen MR) is 141 cm³/mol. The number of nitrogens with one attached hydrogen (secondary N) is 1. The van der Waals surface area contributed by atoms with E-state index in [1.54, 1.807) is 12.1 Å². The molecule has 2 aromatic carbocycles. The molecule has 0 aliphatic heterocycles. The van der Waals surface area contributed by atoms with Crippen molar-refractivity contribution < 1.29 is 9.90 Å². The van der Waals surface area contributed by atoms with E-state index in [2.05, 4.69) is 74.1 Å². The van der Waals surface area contributed by atoms with E-state index in [1.807, 2.05) is 24.1 Å². The van der Waals surface area contributed by atoms with Crippen LogP contribution >= 0.6 is 0 Å². The number of amides is 1. The first-order valence-electron chi connectivity index (χ1n) is 11.8. The van der Waals surface area contributed by atoms with E-state index in [0.717, 1.165) is 31.6 Å². The number of hydrogen-bond acceptors (Lipinski definition) is 5. The summed E-state index contributed by atoms with van der Waals surface area (Å²) in [4.78, 5) is 16.5. The number of carbonyl (C=O) groups is 1. The first-order valence-corrected chi connectivity index (χ1v) is 11.8. The van der Waals surface area contributed by atoms with Crippen molar-refractivity contribution in [2.75, 3.05) is 33.7 Å². The van der Waals surface area contributed by atoms with Crippen molar-refractivity contribution in [3.63, 3.8) is 0 Å². The van der Waals surface area contributed by atoms with Gasteiger partial charge in [0.1, 0.15) is 5.75 Å². The third kappa shape index (κ3) is 9.12. The molecule has 0 fully saturated rings. The van der Waals surface area contributed by atoms with E-state index < -0.39 is 0 Å². The second-order valence-electron chi connectivity index (χ2n) is 9.92. The fourth-order valence-electron chi connectivity index (χ4n) is 3.68. The summed E-state index contributed by atoms with van der Waals surface area (Å²) in [6, 6.07) is 14.3. The zero-order valence-corrected chi connectivity index (χ0v) is 21.3. The first-order chi connectivity index (χ1) is 16.1. The van der Waals surface area contributed by atoms with Crippen molar-refractivity contribution in [3.05, 3.63) is 77.4 Å². The Bertz CT molecular complexity index is 961. The van der Waals surface area contributed by atoms with Crippen LogP contribution in [0, 0.1) is 0 Å². The third-order valence-corrected chi connectivity index (χ3v) is 5.67. The molecule has 184 valence electrons. The van der Waals surface area contributed by atoms with Crippen LogP contribution in [0.2, 0.25) is 0 Å². The minimum Gasteiger partial charge on any atom is -0.507 e. The normalized spacial score (nSPS) is 12.0. The van der Waals surface area contributed by atoms with Crippen molar-refractivity contribution in [2.24, 2.45) is 5.10 Å². The van der Waals surface area contributed by atoms with Crippen LogP contribution in [0.3, 0.4) is 0 Å². The average molecular weight is 465 g/mol. The number of hydrazone groups is 1. The van der Waals surface area contributed by atoms with Crippen molar-refractivity contribution in [1.29, 1.82) is 0 Å². The highest BCUT2D eigenvalue weighted by Crippen LogP contribution is 2.23. The first kappa shape index (κ1) is 27.3. The molecule has 0 atom stereocenters. The van der Waals surface area contributed by atoms with Gasteiger partial charge in [-0.3, -0.25) is 9.69 Å². The zero-order valence-electron chi connectivity index (χ0n) is 21.3. The number of carbonyl (C=O) groups excluding carboxylic acids is 1. The Balaban J connectivity index is 1.70. The molecule has 1 amide bonds. The number of likely N-dealkylation sites (N-methyl/N-ethyl adjacent to an activating group) is 1. The Kier molecular flexibility index (Phi) is 10.5. The van der Waals surface area contributed by atoms with Crippen LogP contribution in [0.1, 0.15) is 49.4 Å². The molecule has 0 bridgehead atoms. The molecule has 2 rings (SSSR count). The van der Waals surface area contributed by atoms with Gasteiger partial charge in [0.15, 0.2) is 0 Å². The summed E-state index contributed by atoms with van der Waals surface area (Å²) < 4.78 is 0. The van der Waals surface area contributed by atoms with Crippen LogP contribution < -0.4 is 5.43 Å². The highest BCUT2D eigenvalue weighted by Gasteiger charge is 2.13. The zero-order chi connectivity index (χ0) is 25.1. The molecule has 2 aromatic rings. The number of nitrogens with zero attached hydrogens (tertiary/aromatic N) is 3. The van der Waals surface area contributed by atoms with Crippen molar-refractivity contribution in [3.8, 4) is 5.75 Å². The highest BCUT2D eigenvalue weighted by atomic mass is 16.3. The summed E-state index contributed by atoms with van der Waals surface area (Å²) in [6.07, 6.45) is 4.73. The van der Waals surface area contributed by atoms with Gasteiger partial charge in [-0.25, -0.2) is 5.43 Å².